The van der Waals surface area contributed by atoms with E-state index in [0.717, 1.165) is 5.56 Å². The fourth-order valence-electron chi connectivity index (χ4n) is 1.92. The monoisotopic (exact) mass is 305 g/mol. The van der Waals surface area contributed by atoms with E-state index < -0.39 is 5.92 Å². The third kappa shape index (κ3) is 3.96. The number of carbonyl (C=O) groups is 1. The molecule has 0 aliphatic heterocycles. The van der Waals surface area contributed by atoms with Gasteiger partial charge >= 0.3 is 0 Å². The van der Waals surface area contributed by atoms with Crippen LogP contribution in [-0.4, -0.2) is 11.7 Å². The molecule has 0 aliphatic rings. The summed E-state index contributed by atoms with van der Waals surface area (Å²) in [6, 6.07) is 13.8. The van der Waals surface area contributed by atoms with Crippen molar-refractivity contribution in [3.8, 4) is 0 Å². The van der Waals surface area contributed by atoms with Gasteiger partial charge in [-0.3, -0.25) is 10.2 Å². The highest BCUT2D eigenvalue weighted by molar-refractivity contribution is 7.99. The summed E-state index contributed by atoms with van der Waals surface area (Å²) in [5, 5.41) is 0. The van der Waals surface area contributed by atoms with Crippen LogP contribution in [0.15, 0.2) is 53.4 Å². The molecule has 2 aromatic rings. The molecule has 2 aromatic carbocycles. The molecule has 0 aliphatic carbocycles. The molecular formula is C15H16FN3OS. The molecule has 6 heteroatoms. The first-order valence-electron chi connectivity index (χ1n) is 6.35. The number of anilines is 1. The average molecular weight is 305 g/mol. The van der Waals surface area contributed by atoms with E-state index in [1.54, 1.807) is 12.1 Å². The number of nitrogens with one attached hydrogen (secondary N) is 1. The zero-order chi connectivity index (χ0) is 15.2. The molecule has 0 saturated heterocycles. The number of carbonyl (C=O) groups excluding carboxylic acids is 1. The van der Waals surface area contributed by atoms with E-state index in [-0.39, 0.29) is 11.7 Å². The van der Waals surface area contributed by atoms with Crippen molar-refractivity contribution in [2.24, 2.45) is 5.84 Å². The molecular weight excluding hydrogens is 289 g/mol. The van der Waals surface area contributed by atoms with Crippen molar-refractivity contribution >= 4 is 23.4 Å². The van der Waals surface area contributed by atoms with Gasteiger partial charge in [-0.15, -0.1) is 11.8 Å². The fourth-order valence-corrected chi connectivity index (χ4v) is 2.97. The van der Waals surface area contributed by atoms with E-state index in [1.165, 1.54) is 17.8 Å². The number of benzene rings is 2. The van der Waals surface area contributed by atoms with Crippen LogP contribution in [0.3, 0.4) is 0 Å². The maximum atomic E-state index is 13.8. The minimum Gasteiger partial charge on any atom is -0.399 e. The van der Waals surface area contributed by atoms with Crippen LogP contribution in [0.25, 0.3) is 0 Å². The van der Waals surface area contributed by atoms with Gasteiger partial charge in [0.2, 0.25) is 5.91 Å². The summed E-state index contributed by atoms with van der Waals surface area (Å²) in [4.78, 5) is 12.4. The maximum Gasteiger partial charge on any atom is 0.242 e. The Labute approximate surface area is 126 Å². The zero-order valence-corrected chi connectivity index (χ0v) is 12.1. The number of hydrogen-bond donors (Lipinski definition) is 3. The number of amides is 1. The number of hydrazine groups is 1. The minimum atomic E-state index is -0.446. The molecule has 110 valence electrons. The van der Waals surface area contributed by atoms with Crippen molar-refractivity contribution in [2.45, 2.75) is 10.8 Å². The van der Waals surface area contributed by atoms with E-state index in [2.05, 4.69) is 5.43 Å². The standard InChI is InChI=1S/C15H16FN3OS/c16-13-8-11(17)6-7-14(13)21-9-12(15(20)19-18)10-4-2-1-3-5-10/h1-8,12H,9,17-18H2,(H,19,20). The second kappa shape index (κ2) is 7.10. The summed E-state index contributed by atoms with van der Waals surface area (Å²) >= 11 is 1.26. The van der Waals surface area contributed by atoms with Crippen molar-refractivity contribution < 1.29 is 9.18 Å². The molecule has 0 aromatic heterocycles. The van der Waals surface area contributed by atoms with E-state index in [4.69, 9.17) is 11.6 Å². The lowest BCUT2D eigenvalue weighted by Crippen LogP contribution is -2.35. The third-order valence-electron chi connectivity index (χ3n) is 3.02. The molecule has 21 heavy (non-hydrogen) atoms. The SMILES string of the molecule is NNC(=O)C(CSc1ccc(N)cc1F)c1ccccc1. The predicted molar refractivity (Wildman–Crippen MR) is 83.0 cm³/mol. The maximum absolute atomic E-state index is 13.8. The summed E-state index contributed by atoms with van der Waals surface area (Å²) in [6.45, 7) is 0. The number of rotatable bonds is 5. The van der Waals surface area contributed by atoms with Gasteiger partial charge in [0.1, 0.15) is 5.82 Å². The number of halogens is 1. The first-order chi connectivity index (χ1) is 10.1. The summed E-state index contributed by atoms with van der Waals surface area (Å²) < 4.78 is 13.8. The number of nitrogen functional groups attached to an aromatic ring is 1. The Kier molecular flexibility index (Phi) is 5.19. The highest BCUT2D eigenvalue weighted by Gasteiger charge is 2.20. The van der Waals surface area contributed by atoms with E-state index in [9.17, 15) is 9.18 Å². The highest BCUT2D eigenvalue weighted by Crippen LogP contribution is 2.29. The van der Waals surface area contributed by atoms with Gasteiger partial charge in [-0.1, -0.05) is 30.3 Å². The Hall–Kier alpha value is -2.05. The van der Waals surface area contributed by atoms with Crippen LogP contribution in [0.1, 0.15) is 11.5 Å². The molecule has 0 bridgehead atoms. The van der Waals surface area contributed by atoms with E-state index in [0.29, 0.717) is 16.3 Å². The Morgan fingerprint density at radius 2 is 1.95 bits per heavy atom. The molecule has 0 fully saturated rings. The number of hydrogen-bond acceptors (Lipinski definition) is 4. The summed E-state index contributed by atoms with van der Waals surface area (Å²) in [6.07, 6.45) is 0. The lowest BCUT2D eigenvalue weighted by molar-refractivity contribution is -0.122. The molecule has 1 atom stereocenters. The van der Waals surface area contributed by atoms with Gasteiger partial charge in [-0.2, -0.15) is 0 Å². The van der Waals surface area contributed by atoms with Crippen molar-refractivity contribution in [3.05, 3.63) is 59.9 Å². The van der Waals surface area contributed by atoms with E-state index >= 15 is 0 Å². The van der Waals surface area contributed by atoms with Crippen molar-refractivity contribution in [2.75, 3.05) is 11.5 Å². The smallest absolute Gasteiger partial charge is 0.242 e. The van der Waals surface area contributed by atoms with Gasteiger partial charge in [-0.25, -0.2) is 10.2 Å². The van der Waals surface area contributed by atoms with Gasteiger partial charge in [0, 0.05) is 16.3 Å². The second-order valence-electron chi connectivity index (χ2n) is 4.47. The lowest BCUT2D eigenvalue weighted by Gasteiger charge is -2.15. The Morgan fingerprint density at radius 3 is 2.57 bits per heavy atom. The van der Waals surface area contributed by atoms with Gasteiger partial charge in [0.05, 0.1) is 5.92 Å². The van der Waals surface area contributed by atoms with Gasteiger partial charge < -0.3 is 5.73 Å². The van der Waals surface area contributed by atoms with Gasteiger partial charge in [0.15, 0.2) is 0 Å². The first-order valence-corrected chi connectivity index (χ1v) is 7.33. The fraction of sp³-hybridized carbons (Fsp3) is 0.133. The quantitative estimate of drug-likeness (QED) is 0.260. The van der Waals surface area contributed by atoms with Crippen LogP contribution in [0, 0.1) is 5.82 Å². The molecule has 0 saturated carbocycles. The van der Waals surface area contributed by atoms with Crippen molar-refractivity contribution in [3.63, 3.8) is 0 Å². The zero-order valence-electron chi connectivity index (χ0n) is 11.3. The highest BCUT2D eigenvalue weighted by atomic mass is 32.2. The molecule has 5 N–H and O–H groups in total. The molecule has 1 amide bonds. The Balaban J connectivity index is 2.15. The minimum absolute atomic E-state index is 0.301. The van der Waals surface area contributed by atoms with Crippen LogP contribution < -0.4 is 17.0 Å². The predicted octanol–water partition coefficient (Wildman–Crippen LogP) is 2.27. The average Bonchev–Trinajstić information content (AvgIpc) is 2.50. The van der Waals surface area contributed by atoms with Crippen LogP contribution in [0.2, 0.25) is 0 Å². The van der Waals surface area contributed by atoms with Crippen LogP contribution in [-0.2, 0) is 4.79 Å². The first kappa shape index (κ1) is 15.3. The summed E-state index contributed by atoms with van der Waals surface area (Å²) in [7, 11) is 0. The number of nitrogens with two attached hydrogens (primary N) is 2. The molecule has 4 nitrogen and oxygen atoms in total. The largest absolute Gasteiger partial charge is 0.399 e. The molecule has 1 unspecified atom stereocenters. The molecule has 0 spiro atoms. The number of thioether (sulfide) groups is 1. The molecule has 0 heterocycles. The van der Waals surface area contributed by atoms with Crippen molar-refractivity contribution in [1.82, 2.24) is 5.43 Å². The van der Waals surface area contributed by atoms with E-state index in [1.807, 2.05) is 30.3 Å². The summed E-state index contributed by atoms with van der Waals surface area (Å²) in [5.41, 5.74) is 8.88. The normalized spacial score (nSPS) is 11.9. The third-order valence-corrected chi connectivity index (χ3v) is 4.16. The second-order valence-corrected chi connectivity index (χ2v) is 5.53. The Bertz CT molecular complexity index is 622. The van der Waals surface area contributed by atoms with Crippen LogP contribution in [0.4, 0.5) is 10.1 Å². The lowest BCUT2D eigenvalue weighted by atomic mass is 10.0. The topological polar surface area (TPSA) is 81.1 Å². The molecule has 0 radical (unpaired) electrons. The molecule has 2 rings (SSSR count). The van der Waals surface area contributed by atoms with Crippen molar-refractivity contribution in [1.29, 1.82) is 0 Å². The van der Waals surface area contributed by atoms with Gasteiger partial charge in [0.25, 0.3) is 0 Å². The Morgan fingerprint density at radius 1 is 1.24 bits per heavy atom. The summed E-state index contributed by atoms with van der Waals surface area (Å²) in [5.74, 6) is 4.48. The van der Waals surface area contributed by atoms with Crippen LogP contribution in [0.5, 0.6) is 0 Å². The van der Waals surface area contributed by atoms with Gasteiger partial charge in [-0.05, 0) is 23.8 Å². The van der Waals surface area contributed by atoms with Crippen LogP contribution >= 0.6 is 11.8 Å².